The lowest BCUT2D eigenvalue weighted by atomic mass is 9.86. The molecule has 0 radical (unpaired) electrons. The lowest BCUT2D eigenvalue weighted by molar-refractivity contribution is -0.144. The maximum Gasteiger partial charge on any atom is 0.308 e. The monoisotopic (exact) mass is 385 g/mol. The normalized spacial score (nSPS) is 15.8. The molecule has 2 N–H and O–H groups in total. The van der Waals surface area contributed by atoms with Crippen LogP contribution in [0, 0.1) is 24.6 Å². The van der Waals surface area contributed by atoms with E-state index in [-0.39, 0.29) is 18.0 Å². The summed E-state index contributed by atoms with van der Waals surface area (Å²) >= 11 is 0. The Morgan fingerprint density at radius 2 is 1.79 bits per heavy atom. The summed E-state index contributed by atoms with van der Waals surface area (Å²) in [6.45, 7) is 3.00. The lowest BCUT2D eigenvalue weighted by Crippen LogP contribution is -2.39. The number of aryl methyl sites for hydroxylation is 1. The average Bonchev–Trinajstić information content (AvgIpc) is 2.69. The van der Waals surface area contributed by atoms with Gasteiger partial charge < -0.3 is 15.2 Å². The molecule has 1 atom stereocenters. The lowest BCUT2D eigenvalue weighted by Gasteiger charge is -2.27. The fourth-order valence-corrected chi connectivity index (χ4v) is 3.50. The Bertz CT molecular complexity index is 844. The van der Waals surface area contributed by atoms with Crippen molar-refractivity contribution in [3.05, 3.63) is 59.4 Å². The van der Waals surface area contributed by atoms with Crippen molar-refractivity contribution in [2.24, 2.45) is 11.8 Å². The first-order chi connectivity index (χ1) is 13.5. The second kappa shape index (κ2) is 8.97. The maximum atomic E-state index is 14.5. The highest BCUT2D eigenvalue weighted by Gasteiger charge is 2.30. The van der Waals surface area contributed by atoms with Gasteiger partial charge in [0.1, 0.15) is 5.82 Å². The molecule has 5 nitrogen and oxygen atoms in total. The predicted octanol–water partition coefficient (Wildman–Crippen LogP) is 3.66. The molecule has 2 aromatic rings. The number of ether oxygens (including phenoxy) is 1. The van der Waals surface area contributed by atoms with Crippen molar-refractivity contribution in [2.75, 3.05) is 19.8 Å². The van der Waals surface area contributed by atoms with Gasteiger partial charge in [-0.3, -0.25) is 9.59 Å². The quantitative estimate of drug-likeness (QED) is 0.796. The molecular weight excluding hydrogens is 361 g/mol. The van der Waals surface area contributed by atoms with Gasteiger partial charge in [-0.05, 0) is 48.9 Å². The van der Waals surface area contributed by atoms with E-state index >= 15 is 0 Å². The Balaban J connectivity index is 1.68. The molecule has 1 unspecified atom stereocenters. The number of aliphatic carboxylic acids is 1. The number of nitrogens with one attached hydrogen (secondary N) is 1. The van der Waals surface area contributed by atoms with Gasteiger partial charge in [-0.1, -0.05) is 35.9 Å². The van der Waals surface area contributed by atoms with Gasteiger partial charge in [-0.2, -0.15) is 0 Å². The molecular formula is C22H24FNO4. The van der Waals surface area contributed by atoms with E-state index in [4.69, 9.17) is 4.74 Å². The SMILES string of the molecule is Cc1ccc(-c2ccc(C(=O)NCC(C(=O)O)C3CCOCC3)c(F)c2)cc1. The van der Waals surface area contributed by atoms with Gasteiger partial charge in [-0.15, -0.1) is 0 Å². The molecule has 0 aliphatic carbocycles. The molecule has 1 amide bonds. The van der Waals surface area contributed by atoms with Crippen LogP contribution in [0.4, 0.5) is 4.39 Å². The molecule has 0 saturated carbocycles. The van der Waals surface area contributed by atoms with E-state index in [0.29, 0.717) is 31.6 Å². The van der Waals surface area contributed by atoms with Crippen LogP contribution in [-0.4, -0.2) is 36.7 Å². The van der Waals surface area contributed by atoms with E-state index in [1.54, 1.807) is 6.07 Å². The molecule has 0 spiro atoms. The Hall–Kier alpha value is -2.73. The fourth-order valence-electron chi connectivity index (χ4n) is 3.50. The number of hydrogen-bond donors (Lipinski definition) is 2. The van der Waals surface area contributed by atoms with Crippen LogP contribution in [-0.2, 0) is 9.53 Å². The fraction of sp³-hybridized carbons (Fsp3) is 0.364. The smallest absolute Gasteiger partial charge is 0.308 e. The van der Waals surface area contributed by atoms with Crippen molar-refractivity contribution < 1.29 is 23.8 Å². The zero-order valence-electron chi connectivity index (χ0n) is 15.8. The van der Waals surface area contributed by atoms with Gasteiger partial charge in [0.05, 0.1) is 11.5 Å². The van der Waals surface area contributed by atoms with E-state index in [0.717, 1.165) is 11.1 Å². The van der Waals surface area contributed by atoms with Crippen molar-refractivity contribution in [1.29, 1.82) is 0 Å². The summed E-state index contributed by atoms with van der Waals surface area (Å²) < 4.78 is 19.8. The summed E-state index contributed by atoms with van der Waals surface area (Å²) in [5, 5.41) is 12.1. The van der Waals surface area contributed by atoms with Gasteiger partial charge in [0.25, 0.3) is 5.91 Å². The first-order valence-electron chi connectivity index (χ1n) is 9.41. The molecule has 1 heterocycles. The number of carbonyl (C=O) groups excluding carboxylic acids is 1. The number of rotatable bonds is 6. The van der Waals surface area contributed by atoms with Crippen LogP contribution < -0.4 is 5.32 Å². The number of carboxylic acids is 1. The summed E-state index contributed by atoms with van der Waals surface area (Å²) in [4.78, 5) is 24.0. The van der Waals surface area contributed by atoms with Crippen molar-refractivity contribution in [3.63, 3.8) is 0 Å². The highest BCUT2D eigenvalue weighted by Crippen LogP contribution is 2.25. The van der Waals surface area contributed by atoms with E-state index in [9.17, 15) is 19.1 Å². The van der Waals surface area contributed by atoms with Crippen LogP contribution in [0.3, 0.4) is 0 Å². The molecule has 3 rings (SSSR count). The minimum atomic E-state index is -0.956. The van der Waals surface area contributed by atoms with Gasteiger partial charge in [0, 0.05) is 19.8 Å². The molecule has 28 heavy (non-hydrogen) atoms. The number of halogens is 1. The zero-order chi connectivity index (χ0) is 20.1. The zero-order valence-corrected chi connectivity index (χ0v) is 15.8. The van der Waals surface area contributed by atoms with Gasteiger partial charge >= 0.3 is 5.97 Å². The minimum absolute atomic E-state index is 0.0298. The van der Waals surface area contributed by atoms with Crippen LogP contribution in [0.2, 0.25) is 0 Å². The highest BCUT2D eigenvalue weighted by molar-refractivity contribution is 5.95. The minimum Gasteiger partial charge on any atom is -0.481 e. The highest BCUT2D eigenvalue weighted by atomic mass is 19.1. The molecule has 148 valence electrons. The molecule has 6 heteroatoms. The average molecular weight is 385 g/mol. The molecule has 1 saturated heterocycles. The summed E-state index contributed by atoms with van der Waals surface area (Å²) in [6, 6.07) is 12.1. The molecule has 1 fully saturated rings. The van der Waals surface area contributed by atoms with E-state index in [1.807, 2.05) is 31.2 Å². The second-order valence-electron chi connectivity index (χ2n) is 7.17. The number of carbonyl (C=O) groups is 2. The van der Waals surface area contributed by atoms with E-state index < -0.39 is 23.6 Å². The standard InChI is InChI=1S/C22H24FNO4/c1-14-2-4-15(5-3-14)17-6-7-18(20(23)12-17)21(25)24-13-19(22(26)27)16-8-10-28-11-9-16/h2-7,12,16,19H,8-11,13H2,1H3,(H,24,25)(H,26,27). The number of benzene rings is 2. The number of hydrogen-bond acceptors (Lipinski definition) is 3. The Morgan fingerprint density at radius 1 is 1.14 bits per heavy atom. The first kappa shape index (κ1) is 20.0. The third-order valence-electron chi connectivity index (χ3n) is 5.23. The van der Waals surface area contributed by atoms with Crippen LogP contribution in [0.15, 0.2) is 42.5 Å². The molecule has 1 aliphatic heterocycles. The number of amides is 1. The summed E-state index contributed by atoms with van der Waals surface area (Å²) in [5.41, 5.74) is 2.56. The van der Waals surface area contributed by atoms with Crippen molar-refractivity contribution >= 4 is 11.9 Å². The molecule has 1 aliphatic rings. The summed E-state index contributed by atoms with van der Waals surface area (Å²) in [6.07, 6.45) is 1.29. The third-order valence-corrected chi connectivity index (χ3v) is 5.23. The Morgan fingerprint density at radius 3 is 2.39 bits per heavy atom. The van der Waals surface area contributed by atoms with Gasteiger partial charge in [0.2, 0.25) is 0 Å². The van der Waals surface area contributed by atoms with Crippen LogP contribution >= 0.6 is 0 Å². The largest absolute Gasteiger partial charge is 0.481 e. The van der Waals surface area contributed by atoms with Gasteiger partial charge in [0.15, 0.2) is 0 Å². The molecule has 0 bridgehead atoms. The van der Waals surface area contributed by atoms with Crippen LogP contribution in [0.5, 0.6) is 0 Å². The van der Waals surface area contributed by atoms with Gasteiger partial charge in [-0.25, -0.2) is 4.39 Å². The van der Waals surface area contributed by atoms with Crippen molar-refractivity contribution in [1.82, 2.24) is 5.32 Å². The molecule has 0 aromatic heterocycles. The van der Waals surface area contributed by atoms with E-state index in [1.165, 1.54) is 12.1 Å². The second-order valence-corrected chi connectivity index (χ2v) is 7.17. The Kier molecular flexibility index (Phi) is 6.41. The van der Waals surface area contributed by atoms with Crippen molar-refractivity contribution in [3.8, 4) is 11.1 Å². The Labute approximate surface area is 163 Å². The van der Waals surface area contributed by atoms with Crippen molar-refractivity contribution in [2.45, 2.75) is 19.8 Å². The molecule has 2 aromatic carbocycles. The van der Waals surface area contributed by atoms with Crippen LogP contribution in [0.25, 0.3) is 11.1 Å². The maximum absolute atomic E-state index is 14.5. The van der Waals surface area contributed by atoms with E-state index in [2.05, 4.69) is 5.32 Å². The first-order valence-corrected chi connectivity index (χ1v) is 9.41. The summed E-state index contributed by atoms with van der Waals surface area (Å²) in [7, 11) is 0. The number of carboxylic acid groups (broad SMARTS) is 1. The third kappa shape index (κ3) is 4.75. The predicted molar refractivity (Wildman–Crippen MR) is 104 cm³/mol. The van der Waals surface area contributed by atoms with Crippen LogP contribution in [0.1, 0.15) is 28.8 Å². The summed E-state index contributed by atoms with van der Waals surface area (Å²) in [5.74, 6) is -2.95. The topological polar surface area (TPSA) is 75.6 Å².